The molecule has 28 heteroatoms. The summed E-state index contributed by atoms with van der Waals surface area (Å²) in [4.78, 5) is 113. The van der Waals surface area contributed by atoms with Crippen LogP contribution in [-0.4, -0.2) is 105 Å². The number of benzene rings is 5. The Labute approximate surface area is 653 Å². The van der Waals surface area contributed by atoms with Gasteiger partial charge >= 0.3 is 48.6 Å². The van der Waals surface area contributed by atoms with Gasteiger partial charge < -0.3 is 41.0 Å². The molecule has 0 spiro atoms. The summed E-state index contributed by atoms with van der Waals surface area (Å²) in [6, 6.07) is 8.75. The SMILES string of the molecule is CCCCC(C)(CC)NC(=O)c1cc(C(=O)OCC)c(C(=O)NC(C)(CCCC)C(CC)(CCC)c2ccc(-c3ccc(C(CC)(CC)C(CC)(CCCC)NC(=O)c4cc(C(c5ccc(C(=O)NC(C)(C)CCC)c(C(=O)O)c5)(C(F)(F)F)C(F)(F)F)ccc4C(=O)O)cc3C(F)(F)F)c(C(F)(F)F)c2)cc1C(=O)OCC. The molecule has 5 aromatic rings. The number of carboxylic acids is 2. The normalized spacial score (nSPS) is 14.7. The Morgan fingerprint density at radius 2 is 0.743 bits per heavy atom. The molecule has 0 aromatic heterocycles. The van der Waals surface area contributed by atoms with E-state index in [0.29, 0.717) is 56.7 Å². The minimum atomic E-state index is -6.50. The van der Waals surface area contributed by atoms with Gasteiger partial charge in [0, 0.05) is 33.0 Å². The molecular weight excluding hydrogens is 1500 g/mol. The Kier molecular flexibility index (Phi) is 31.4. The third-order valence-corrected chi connectivity index (χ3v) is 22.8. The van der Waals surface area contributed by atoms with E-state index < -0.39 is 183 Å². The summed E-state index contributed by atoms with van der Waals surface area (Å²) in [6.07, 6.45) is -20.0. The van der Waals surface area contributed by atoms with Gasteiger partial charge in [-0.05, 0) is 188 Å². The molecule has 0 aliphatic carbocycles. The van der Waals surface area contributed by atoms with E-state index in [1.165, 1.54) is 40.7 Å². The molecular formula is C85H108F12N4O12. The van der Waals surface area contributed by atoms with Gasteiger partial charge in [0.1, 0.15) is 0 Å². The van der Waals surface area contributed by atoms with E-state index in [-0.39, 0.29) is 118 Å². The van der Waals surface area contributed by atoms with Crippen LogP contribution < -0.4 is 21.3 Å². The Bertz CT molecular complexity index is 4240. The lowest BCUT2D eigenvalue weighted by Crippen LogP contribution is -2.62. The zero-order valence-electron chi connectivity index (χ0n) is 67.2. The second kappa shape index (κ2) is 37.5. The molecule has 16 nitrogen and oxygen atoms in total. The first-order valence-corrected chi connectivity index (χ1v) is 38.7. The lowest BCUT2D eigenvalue weighted by molar-refractivity contribution is -0.288. The number of amides is 4. The number of alkyl halides is 12. The highest BCUT2D eigenvalue weighted by molar-refractivity contribution is 6.13. The Balaban J connectivity index is 1.81. The second-order valence-electron chi connectivity index (χ2n) is 30.2. The monoisotopic (exact) mass is 1600 g/mol. The van der Waals surface area contributed by atoms with E-state index in [9.17, 15) is 39.0 Å². The summed E-state index contributed by atoms with van der Waals surface area (Å²) >= 11 is 0. The van der Waals surface area contributed by atoms with Gasteiger partial charge in [0.15, 0.2) is 0 Å². The summed E-state index contributed by atoms with van der Waals surface area (Å²) in [7, 11) is 0. The van der Waals surface area contributed by atoms with Crippen LogP contribution in [0, 0.1) is 0 Å². The van der Waals surface area contributed by atoms with Gasteiger partial charge in [-0.15, -0.1) is 0 Å². The van der Waals surface area contributed by atoms with Crippen molar-refractivity contribution in [3.8, 4) is 11.1 Å². The van der Waals surface area contributed by atoms with Gasteiger partial charge in [0.25, 0.3) is 23.6 Å². The van der Waals surface area contributed by atoms with Gasteiger partial charge in [-0.25, -0.2) is 19.2 Å². The molecule has 0 heterocycles. The van der Waals surface area contributed by atoms with Crippen LogP contribution in [0.25, 0.3) is 11.1 Å². The first kappa shape index (κ1) is 94.6. The molecule has 5 rings (SSSR count). The fourth-order valence-electron chi connectivity index (χ4n) is 16.5. The zero-order chi connectivity index (χ0) is 85.6. The summed E-state index contributed by atoms with van der Waals surface area (Å²) in [6.45, 7) is 26.1. The van der Waals surface area contributed by atoms with E-state index in [0.717, 1.165) is 49.2 Å². The fourth-order valence-corrected chi connectivity index (χ4v) is 16.5. The quantitative estimate of drug-likeness (QED) is 0.0159. The molecule has 624 valence electrons. The number of carbonyl (C=O) groups excluding carboxylic acids is 6. The summed E-state index contributed by atoms with van der Waals surface area (Å²) < 4.78 is 205. The molecule has 0 saturated carbocycles. The van der Waals surface area contributed by atoms with Crippen LogP contribution in [0.4, 0.5) is 52.7 Å². The van der Waals surface area contributed by atoms with Crippen LogP contribution in [0.15, 0.2) is 84.9 Å². The number of carbonyl (C=O) groups is 8. The first-order chi connectivity index (χ1) is 52.6. The maximum absolute atomic E-state index is 16.3. The number of carboxylic acid groups (broad SMARTS) is 2. The smallest absolute Gasteiger partial charge is 0.417 e. The van der Waals surface area contributed by atoms with Gasteiger partial charge in [-0.1, -0.05) is 157 Å². The number of aromatic carboxylic acids is 2. The van der Waals surface area contributed by atoms with Crippen LogP contribution in [-0.2, 0) is 38.1 Å². The Hall–Kier alpha value is -8.98. The average Bonchev–Trinajstić information content (AvgIpc) is 0.710. The average molecular weight is 1610 g/mol. The van der Waals surface area contributed by atoms with Gasteiger partial charge in [-0.3, -0.25) is 19.2 Å². The molecule has 0 bridgehead atoms. The van der Waals surface area contributed by atoms with Gasteiger partial charge in [0.05, 0.1) is 68.8 Å². The van der Waals surface area contributed by atoms with Gasteiger partial charge in [-0.2, -0.15) is 52.7 Å². The van der Waals surface area contributed by atoms with Crippen molar-refractivity contribution in [2.75, 3.05) is 13.2 Å². The zero-order valence-corrected chi connectivity index (χ0v) is 67.2. The molecule has 4 amide bonds. The Morgan fingerprint density at radius 1 is 0.354 bits per heavy atom. The van der Waals surface area contributed by atoms with Crippen molar-refractivity contribution in [3.05, 3.63) is 163 Å². The van der Waals surface area contributed by atoms with Crippen LogP contribution in [0.2, 0.25) is 0 Å². The molecule has 0 saturated heterocycles. The van der Waals surface area contributed by atoms with E-state index in [4.69, 9.17) is 9.47 Å². The molecule has 0 aliphatic heterocycles. The van der Waals surface area contributed by atoms with Crippen molar-refractivity contribution >= 4 is 47.5 Å². The lowest BCUT2D eigenvalue weighted by atomic mass is 9.58. The predicted molar refractivity (Wildman–Crippen MR) is 407 cm³/mol. The molecule has 0 radical (unpaired) electrons. The molecule has 5 aromatic carbocycles. The fraction of sp³-hybridized carbons (Fsp3) is 0.553. The molecule has 4 unspecified atom stereocenters. The highest BCUT2D eigenvalue weighted by atomic mass is 19.4. The van der Waals surface area contributed by atoms with Gasteiger partial charge in [0.2, 0.25) is 5.41 Å². The second-order valence-corrected chi connectivity index (χ2v) is 30.2. The van der Waals surface area contributed by atoms with E-state index >= 15 is 62.3 Å². The number of nitrogens with one attached hydrogen (secondary N) is 4. The van der Waals surface area contributed by atoms with Crippen molar-refractivity contribution < 1.29 is 111 Å². The number of hydrogen-bond acceptors (Lipinski definition) is 10. The Morgan fingerprint density at radius 3 is 1.14 bits per heavy atom. The minimum absolute atomic E-state index is 0.0139. The third-order valence-electron chi connectivity index (χ3n) is 22.8. The topological polar surface area (TPSA) is 244 Å². The van der Waals surface area contributed by atoms with Crippen molar-refractivity contribution in [2.24, 2.45) is 0 Å². The molecule has 6 N–H and O–H groups in total. The first-order valence-electron chi connectivity index (χ1n) is 38.7. The van der Waals surface area contributed by atoms with Crippen molar-refractivity contribution in [2.45, 2.75) is 289 Å². The molecule has 113 heavy (non-hydrogen) atoms. The number of esters is 2. The maximum atomic E-state index is 16.3. The number of halogens is 12. The molecule has 0 fully saturated rings. The van der Waals surface area contributed by atoms with Crippen molar-refractivity contribution in [3.63, 3.8) is 0 Å². The van der Waals surface area contributed by atoms with Crippen molar-refractivity contribution in [1.29, 1.82) is 0 Å². The van der Waals surface area contributed by atoms with E-state index in [1.54, 1.807) is 48.5 Å². The lowest BCUT2D eigenvalue weighted by Gasteiger charge is -2.52. The summed E-state index contributed by atoms with van der Waals surface area (Å²) in [5.41, 5.74) is -29.2. The number of unbranched alkanes of at least 4 members (excludes halogenated alkanes) is 3. The standard InChI is InChI=1S/C85H108F12N4O12/c1-17-29-42-76(15,22-6)99-68(103)60-49-64(74(111)113-28-12)61(50-63(60)73(110)112-27-11)69(104)100-77(16,43-30-18-2)79(25-9,41-21-5)52-33-37-56(66(48-52)83(89,90)91)55-36-32-51(47-65(55)82(86,87)88)78(23-7,24-8)80(26-10,44-31-19-3)101-70(105)59-45-53(35-39-58(59)71(106)107)81(84(92,93)94,85(95,96)97)54-34-38-57(62(46-54)72(108)109)67(102)98-75(13,14)40-20-4/h32-39,45-50H,17-31,40-44H2,1-16H3,(H,98,102)(H,99,103)(H,100,104)(H,101,105)(H,106,107)(H,108,109). The number of rotatable bonds is 39. The predicted octanol–water partition coefficient (Wildman–Crippen LogP) is 21.6. The van der Waals surface area contributed by atoms with Crippen LogP contribution in [0.5, 0.6) is 0 Å². The highest BCUT2D eigenvalue weighted by Gasteiger charge is 2.73. The minimum Gasteiger partial charge on any atom is -0.478 e. The number of hydrogen-bond donors (Lipinski definition) is 6. The van der Waals surface area contributed by atoms with Crippen LogP contribution >= 0.6 is 0 Å². The van der Waals surface area contributed by atoms with E-state index in [1.807, 2.05) is 27.7 Å². The van der Waals surface area contributed by atoms with Crippen molar-refractivity contribution in [1.82, 2.24) is 21.3 Å². The molecule has 0 aliphatic rings. The van der Waals surface area contributed by atoms with E-state index in [2.05, 4.69) is 21.3 Å². The van der Waals surface area contributed by atoms with Crippen LogP contribution in [0.1, 0.15) is 343 Å². The molecule has 4 atom stereocenters. The maximum Gasteiger partial charge on any atom is 0.417 e. The summed E-state index contributed by atoms with van der Waals surface area (Å²) in [5, 5.41) is 32.1. The third kappa shape index (κ3) is 19.7. The highest BCUT2D eigenvalue weighted by Crippen LogP contribution is 2.58. The van der Waals surface area contributed by atoms with Crippen LogP contribution in [0.3, 0.4) is 0 Å². The number of ether oxygens (including phenoxy) is 2. The largest absolute Gasteiger partial charge is 0.478 e. The summed E-state index contributed by atoms with van der Waals surface area (Å²) in [5.74, 6) is -10.8.